The van der Waals surface area contributed by atoms with E-state index in [0.29, 0.717) is 24.6 Å². The van der Waals surface area contributed by atoms with Crippen LogP contribution in [0.3, 0.4) is 0 Å². The van der Waals surface area contributed by atoms with Gasteiger partial charge in [0.2, 0.25) is 0 Å². The van der Waals surface area contributed by atoms with Crippen LogP contribution in [0, 0.1) is 5.82 Å². The fourth-order valence-electron chi connectivity index (χ4n) is 4.54. The highest BCUT2D eigenvalue weighted by Gasteiger charge is 2.44. The summed E-state index contributed by atoms with van der Waals surface area (Å²) in [4.78, 5) is 13.0. The van der Waals surface area contributed by atoms with Crippen LogP contribution in [-0.4, -0.2) is 48.8 Å². The van der Waals surface area contributed by atoms with Crippen molar-refractivity contribution in [3.8, 4) is 5.75 Å². The summed E-state index contributed by atoms with van der Waals surface area (Å²) in [6.45, 7) is 5.76. The lowest BCUT2D eigenvalue weighted by atomic mass is 9.74. The molecule has 1 saturated heterocycles. The van der Waals surface area contributed by atoms with Crippen LogP contribution in [0.2, 0.25) is 0 Å². The van der Waals surface area contributed by atoms with Gasteiger partial charge in [-0.25, -0.2) is 4.39 Å². The molecule has 2 aliphatic heterocycles. The molecule has 5 nitrogen and oxygen atoms in total. The lowest BCUT2D eigenvalue weighted by Crippen LogP contribution is -2.44. The molecular formula is C23H35FN2O3. The third-order valence-electron chi connectivity index (χ3n) is 6.46. The van der Waals surface area contributed by atoms with Gasteiger partial charge in [-0.05, 0) is 38.4 Å². The molecule has 0 atom stereocenters. The maximum atomic E-state index is 15.0. The van der Waals surface area contributed by atoms with Crippen LogP contribution in [0.5, 0.6) is 5.75 Å². The number of nitrogens with zero attached hydrogens (tertiary/aromatic N) is 1. The van der Waals surface area contributed by atoms with Crippen LogP contribution >= 0.6 is 0 Å². The zero-order chi connectivity index (χ0) is 20.7. The molecule has 2 N–H and O–H groups in total. The number of likely N-dealkylation sites (tertiary alicyclic amines) is 1. The standard InChI is InChI=1S/C23H35FN2O3/c1-2-3-4-5-6-7-13-25-19-9-8-18-22(21(19)24)29-17-23(18)11-15-26(16-12-23)14-10-20(27)28/h8-9,25H,2-7,10-17H2,1H3,(H,27,28). The van der Waals surface area contributed by atoms with E-state index in [1.54, 1.807) is 0 Å². The van der Waals surface area contributed by atoms with Gasteiger partial charge in [-0.1, -0.05) is 45.1 Å². The topological polar surface area (TPSA) is 61.8 Å². The number of ether oxygens (including phenoxy) is 1. The third-order valence-corrected chi connectivity index (χ3v) is 6.46. The van der Waals surface area contributed by atoms with Crippen LogP contribution in [-0.2, 0) is 10.2 Å². The van der Waals surface area contributed by atoms with Crippen LogP contribution in [0.1, 0.15) is 70.3 Å². The lowest BCUT2D eigenvalue weighted by Gasteiger charge is -2.38. The predicted molar refractivity (Wildman–Crippen MR) is 113 cm³/mol. The summed E-state index contributed by atoms with van der Waals surface area (Å²) in [6, 6.07) is 3.89. The second-order valence-electron chi connectivity index (χ2n) is 8.55. The first-order valence-electron chi connectivity index (χ1n) is 11.2. The number of rotatable bonds is 11. The summed E-state index contributed by atoms with van der Waals surface area (Å²) in [5.74, 6) is -0.613. The van der Waals surface area contributed by atoms with Crippen LogP contribution < -0.4 is 10.1 Å². The number of hydrogen-bond donors (Lipinski definition) is 2. The first kappa shape index (κ1) is 21.9. The molecule has 162 valence electrons. The largest absolute Gasteiger partial charge is 0.489 e. The third kappa shape index (κ3) is 5.41. The molecule has 0 unspecified atom stereocenters. The van der Waals surface area contributed by atoms with Gasteiger partial charge in [0.05, 0.1) is 18.7 Å². The first-order valence-corrected chi connectivity index (χ1v) is 11.2. The van der Waals surface area contributed by atoms with Crippen molar-refractivity contribution in [2.24, 2.45) is 0 Å². The van der Waals surface area contributed by atoms with E-state index in [9.17, 15) is 4.79 Å². The Morgan fingerprint density at radius 1 is 1.21 bits per heavy atom. The highest BCUT2D eigenvalue weighted by Crippen LogP contribution is 2.48. The molecule has 0 aliphatic carbocycles. The van der Waals surface area contributed by atoms with E-state index in [2.05, 4.69) is 17.1 Å². The molecule has 6 heteroatoms. The summed E-state index contributed by atoms with van der Waals surface area (Å²) in [6.07, 6.45) is 9.23. The Hall–Kier alpha value is -1.82. The summed E-state index contributed by atoms with van der Waals surface area (Å²) in [7, 11) is 0. The second kappa shape index (κ2) is 10.3. The summed E-state index contributed by atoms with van der Waals surface area (Å²) in [5.41, 5.74) is 1.39. The molecule has 0 radical (unpaired) electrons. The molecule has 1 spiro atoms. The number of halogens is 1. The normalized spacial score (nSPS) is 17.9. The van der Waals surface area contributed by atoms with Gasteiger partial charge < -0.3 is 20.1 Å². The number of anilines is 1. The molecule has 0 amide bonds. The Kier molecular flexibility index (Phi) is 7.76. The molecule has 0 aromatic heterocycles. The lowest BCUT2D eigenvalue weighted by molar-refractivity contribution is -0.137. The number of benzene rings is 1. The minimum Gasteiger partial charge on any atom is -0.489 e. The van der Waals surface area contributed by atoms with Crippen LogP contribution in [0.15, 0.2) is 12.1 Å². The number of nitrogens with one attached hydrogen (secondary N) is 1. The molecule has 2 aliphatic rings. The van der Waals surface area contributed by atoms with E-state index in [-0.39, 0.29) is 17.7 Å². The number of unbranched alkanes of at least 4 members (excludes halogenated alkanes) is 5. The SMILES string of the molecule is CCCCCCCCNc1ccc2c(c1F)OCC21CCN(CCC(=O)O)CC1. The van der Waals surface area contributed by atoms with Crippen molar-refractivity contribution in [3.63, 3.8) is 0 Å². The van der Waals surface area contributed by atoms with Gasteiger partial charge in [-0.2, -0.15) is 0 Å². The molecule has 1 fully saturated rings. The molecule has 0 bridgehead atoms. The second-order valence-corrected chi connectivity index (χ2v) is 8.55. The number of piperidine rings is 1. The zero-order valence-corrected chi connectivity index (χ0v) is 17.6. The van der Waals surface area contributed by atoms with Gasteiger partial charge in [0, 0.05) is 24.1 Å². The summed E-state index contributed by atoms with van der Waals surface area (Å²) >= 11 is 0. The Labute approximate surface area is 173 Å². The number of hydrogen-bond acceptors (Lipinski definition) is 4. The summed E-state index contributed by atoms with van der Waals surface area (Å²) < 4.78 is 20.9. The quantitative estimate of drug-likeness (QED) is 0.517. The average molecular weight is 407 g/mol. The van der Waals surface area contributed by atoms with Gasteiger partial charge >= 0.3 is 5.97 Å². The number of aliphatic carboxylic acids is 1. The number of carboxylic acids is 1. The van der Waals surface area contributed by atoms with Crippen molar-refractivity contribution < 1.29 is 19.0 Å². The summed E-state index contributed by atoms with van der Waals surface area (Å²) in [5, 5.41) is 12.1. The maximum absolute atomic E-state index is 15.0. The van der Waals surface area contributed by atoms with Crippen molar-refractivity contribution in [2.75, 3.05) is 38.1 Å². The molecule has 3 rings (SSSR count). The molecule has 1 aromatic rings. The van der Waals surface area contributed by atoms with Crippen molar-refractivity contribution in [1.82, 2.24) is 4.90 Å². The van der Waals surface area contributed by atoms with E-state index >= 15 is 4.39 Å². The molecule has 29 heavy (non-hydrogen) atoms. The first-order chi connectivity index (χ1) is 14.1. The minimum absolute atomic E-state index is 0.131. The predicted octanol–water partition coefficient (Wildman–Crippen LogP) is 4.80. The van der Waals surface area contributed by atoms with Gasteiger partial charge in [0.1, 0.15) is 0 Å². The fraction of sp³-hybridized carbons (Fsp3) is 0.696. The highest BCUT2D eigenvalue weighted by atomic mass is 19.1. The number of carbonyl (C=O) groups is 1. The Morgan fingerprint density at radius 3 is 2.66 bits per heavy atom. The maximum Gasteiger partial charge on any atom is 0.304 e. The van der Waals surface area contributed by atoms with E-state index in [4.69, 9.17) is 9.84 Å². The van der Waals surface area contributed by atoms with Gasteiger partial charge in [-0.3, -0.25) is 4.79 Å². The average Bonchev–Trinajstić information content (AvgIpc) is 3.07. The monoisotopic (exact) mass is 406 g/mol. The Morgan fingerprint density at radius 2 is 1.93 bits per heavy atom. The van der Waals surface area contributed by atoms with Crippen molar-refractivity contribution in [1.29, 1.82) is 0 Å². The van der Waals surface area contributed by atoms with E-state index < -0.39 is 5.97 Å². The van der Waals surface area contributed by atoms with E-state index in [0.717, 1.165) is 44.5 Å². The fourth-order valence-corrected chi connectivity index (χ4v) is 4.54. The Balaban J connectivity index is 1.53. The number of fused-ring (bicyclic) bond motifs is 2. The number of carboxylic acid groups (broad SMARTS) is 1. The van der Waals surface area contributed by atoms with Crippen LogP contribution in [0.25, 0.3) is 0 Å². The highest BCUT2D eigenvalue weighted by molar-refractivity contribution is 5.66. The van der Waals surface area contributed by atoms with Gasteiger partial charge in [0.25, 0.3) is 0 Å². The molecule has 0 saturated carbocycles. The van der Waals surface area contributed by atoms with E-state index in [1.807, 2.05) is 12.1 Å². The molecule has 2 heterocycles. The van der Waals surface area contributed by atoms with Crippen molar-refractivity contribution >= 4 is 11.7 Å². The van der Waals surface area contributed by atoms with E-state index in [1.165, 1.54) is 32.1 Å². The molecular weight excluding hydrogens is 371 g/mol. The van der Waals surface area contributed by atoms with Crippen molar-refractivity contribution in [2.45, 2.75) is 70.1 Å². The van der Waals surface area contributed by atoms with Crippen LogP contribution in [0.4, 0.5) is 10.1 Å². The molecule has 1 aromatic carbocycles. The van der Waals surface area contributed by atoms with Gasteiger partial charge in [0.15, 0.2) is 11.6 Å². The van der Waals surface area contributed by atoms with Crippen molar-refractivity contribution in [3.05, 3.63) is 23.5 Å². The smallest absolute Gasteiger partial charge is 0.304 e. The van der Waals surface area contributed by atoms with Gasteiger partial charge in [-0.15, -0.1) is 0 Å². The zero-order valence-electron chi connectivity index (χ0n) is 17.6. The Bertz CT molecular complexity index is 687. The minimum atomic E-state index is -0.761.